The van der Waals surface area contributed by atoms with Gasteiger partial charge in [0.25, 0.3) is 0 Å². The molecule has 1 aliphatic heterocycles. The molecule has 9 heteroatoms. The van der Waals surface area contributed by atoms with Crippen LogP contribution in [0.5, 0.6) is 0 Å². The van der Waals surface area contributed by atoms with Crippen molar-refractivity contribution >= 4 is 11.5 Å². The van der Waals surface area contributed by atoms with E-state index in [1.807, 2.05) is 19.1 Å². The predicted molar refractivity (Wildman–Crippen MR) is 86.7 cm³/mol. The molecule has 0 bridgehead atoms. The molecule has 1 aliphatic rings. The highest BCUT2D eigenvalue weighted by Gasteiger charge is 2.26. The van der Waals surface area contributed by atoms with Gasteiger partial charge in [-0.15, -0.1) is 15.3 Å². The second kappa shape index (κ2) is 6.16. The molecule has 0 spiro atoms. The average molecular weight is 328 g/mol. The summed E-state index contributed by atoms with van der Waals surface area (Å²) in [6.45, 7) is 7.79. The van der Waals surface area contributed by atoms with Crippen molar-refractivity contribution in [1.29, 1.82) is 0 Å². The predicted octanol–water partition coefficient (Wildman–Crippen LogP) is 0.953. The molecule has 4 heterocycles. The number of fused-ring (bicyclic) bond motifs is 1. The zero-order valence-corrected chi connectivity index (χ0v) is 13.8. The van der Waals surface area contributed by atoms with Gasteiger partial charge in [-0.2, -0.15) is 9.50 Å². The molecule has 9 nitrogen and oxygen atoms in total. The number of nitrogens with zero attached hydrogens (tertiary/aromatic N) is 8. The van der Waals surface area contributed by atoms with Crippen molar-refractivity contribution in [2.24, 2.45) is 0 Å². The van der Waals surface area contributed by atoms with E-state index in [4.69, 9.17) is 4.52 Å². The normalized spacial score (nSPS) is 17.5. The Labute approximate surface area is 139 Å². The lowest BCUT2D eigenvalue weighted by atomic mass is 10.2. The molecule has 24 heavy (non-hydrogen) atoms. The minimum Gasteiger partial charge on any atom is -0.353 e. The highest BCUT2D eigenvalue weighted by Crippen LogP contribution is 2.22. The summed E-state index contributed by atoms with van der Waals surface area (Å²) >= 11 is 0. The summed E-state index contributed by atoms with van der Waals surface area (Å²) in [5.41, 5.74) is 0.758. The minimum absolute atomic E-state index is 0.133. The number of rotatable bonds is 4. The van der Waals surface area contributed by atoms with Gasteiger partial charge in [0, 0.05) is 32.6 Å². The lowest BCUT2D eigenvalue weighted by Crippen LogP contribution is -2.47. The van der Waals surface area contributed by atoms with Crippen LogP contribution in [0, 0.1) is 0 Å². The van der Waals surface area contributed by atoms with Crippen molar-refractivity contribution in [3.05, 3.63) is 30.2 Å². The monoisotopic (exact) mass is 328 g/mol. The van der Waals surface area contributed by atoms with Crippen molar-refractivity contribution < 1.29 is 4.52 Å². The first-order valence-corrected chi connectivity index (χ1v) is 8.23. The maximum Gasteiger partial charge on any atom is 0.243 e. The number of hydrogen-bond donors (Lipinski definition) is 0. The summed E-state index contributed by atoms with van der Waals surface area (Å²) in [5.74, 6) is 2.41. The van der Waals surface area contributed by atoms with Gasteiger partial charge in [-0.05, 0) is 19.1 Å². The second-order valence-electron chi connectivity index (χ2n) is 5.93. The molecule has 1 saturated heterocycles. The van der Waals surface area contributed by atoms with Crippen molar-refractivity contribution in [2.75, 3.05) is 31.1 Å². The van der Waals surface area contributed by atoms with E-state index in [2.05, 4.69) is 42.2 Å². The van der Waals surface area contributed by atoms with Crippen LogP contribution in [0.2, 0.25) is 0 Å². The van der Waals surface area contributed by atoms with Gasteiger partial charge in [0.15, 0.2) is 11.5 Å². The summed E-state index contributed by atoms with van der Waals surface area (Å²) in [6.07, 6.45) is 2.42. The Morgan fingerprint density at radius 1 is 1.21 bits per heavy atom. The molecule has 4 rings (SSSR count). The zero-order valence-electron chi connectivity index (χ0n) is 13.8. The second-order valence-corrected chi connectivity index (χ2v) is 5.93. The topological polar surface area (TPSA) is 88.5 Å². The van der Waals surface area contributed by atoms with E-state index in [1.54, 1.807) is 10.8 Å². The molecule has 0 N–H and O–H groups in total. The molecule has 1 fully saturated rings. The highest BCUT2D eigenvalue weighted by molar-refractivity contribution is 5.45. The SMILES string of the molecule is CCc1noc([C@H](C)N2CCN(c3ccc4nncn4n3)CC2)n1. The van der Waals surface area contributed by atoms with Crippen LogP contribution in [0.4, 0.5) is 5.82 Å². The van der Waals surface area contributed by atoms with E-state index in [9.17, 15) is 0 Å². The van der Waals surface area contributed by atoms with E-state index >= 15 is 0 Å². The van der Waals surface area contributed by atoms with Crippen LogP contribution in [0.25, 0.3) is 5.65 Å². The van der Waals surface area contributed by atoms with Crippen molar-refractivity contribution in [3.63, 3.8) is 0 Å². The van der Waals surface area contributed by atoms with Crippen LogP contribution in [0.1, 0.15) is 31.6 Å². The van der Waals surface area contributed by atoms with E-state index in [1.165, 1.54) is 0 Å². The van der Waals surface area contributed by atoms with Gasteiger partial charge >= 0.3 is 0 Å². The van der Waals surface area contributed by atoms with Crippen molar-refractivity contribution in [2.45, 2.75) is 26.3 Å². The van der Waals surface area contributed by atoms with Crippen molar-refractivity contribution in [3.8, 4) is 0 Å². The number of aryl methyl sites for hydroxylation is 1. The lowest BCUT2D eigenvalue weighted by molar-refractivity contribution is 0.164. The van der Waals surface area contributed by atoms with Crippen molar-refractivity contribution in [1.82, 2.24) is 34.9 Å². The van der Waals surface area contributed by atoms with E-state index < -0.39 is 0 Å². The fourth-order valence-corrected chi connectivity index (χ4v) is 2.96. The molecular weight excluding hydrogens is 308 g/mol. The van der Waals surface area contributed by atoms with Gasteiger partial charge in [-0.25, -0.2) is 0 Å². The molecule has 0 amide bonds. The number of hydrogen-bond acceptors (Lipinski definition) is 8. The summed E-state index contributed by atoms with van der Waals surface area (Å²) < 4.78 is 7.08. The maximum absolute atomic E-state index is 5.38. The molecule has 0 aromatic carbocycles. The summed E-state index contributed by atoms with van der Waals surface area (Å²) in [4.78, 5) is 9.08. The molecule has 1 atom stereocenters. The standard InChI is InChI=1S/C15H20N8O/c1-3-12-17-15(24-20-12)11(2)21-6-8-22(9-7-21)14-5-4-13-18-16-10-23(13)19-14/h4-5,10-11H,3,6-9H2,1-2H3/t11-/m0/s1. The van der Waals surface area contributed by atoms with Gasteiger partial charge in [0.05, 0.1) is 6.04 Å². The van der Waals surface area contributed by atoms with Crippen LogP contribution in [-0.2, 0) is 6.42 Å². The first-order valence-electron chi connectivity index (χ1n) is 8.23. The van der Waals surface area contributed by atoms with Crippen LogP contribution in [0.3, 0.4) is 0 Å². The van der Waals surface area contributed by atoms with Gasteiger partial charge in [0.2, 0.25) is 5.89 Å². The minimum atomic E-state index is 0.133. The number of anilines is 1. The molecule has 0 radical (unpaired) electrons. The van der Waals surface area contributed by atoms with Crippen LogP contribution in [0.15, 0.2) is 23.0 Å². The third-order valence-corrected chi connectivity index (χ3v) is 4.49. The van der Waals surface area contributed by atoms with E-state index in [0.717, 1.165) is 49.9 Å². The fraction of sp³-hybridized carbons (Fsp3) is 0.533. The van der Waals surface area contributed by atoms with E-state index in [0.29, 0.717) is 5.89 Å². The van der Waals surface area contributed by atoms with Gasteiger partial charge in [0.1, 0.15) is 12.1 Å². The van der Waals surface area contributed by atoms with Gasteiger partial charge in [-0.3, -0.25) is 4.90 Å². The quantitative estimate of drug-likeness (QED) is 0.699. The molecule has 0 unspecified atom stereocenters. The Kier molecular flexibility index (Phi) is 3.85. The molecule has 0 aliphatic carbocycles. The molecule has 0 saturated carbocycles. The first kappa shape index (κ1) is 15.0. The third kappa shape index (κ3) is 2.71. The molecule has 3 aromatic heterocycles. The van der Waals surface area contributed by atoms with Crippen LogP contribution < -0.4 is 4.90 Å². The van der Waals surface area contributed by atoms with E-state index in [-0.39, 0.29) is 6.04 Å². The average Bonchev–Trinajstić information content (AvgIpc) is 3.29. The Morgan fingerprint density at radius 3 is 2.79 bits per heavy atom. The Hall–Kier alpha value is -2.55. The Bertz CT molecular complexity index is 820. The Balaban J connectivity index is 1.42. The molecule has 126 valence electrons. The summed E-state index contributed by atoms with van der Waals surface area (Å²) in [5, 5.41) is 16.4. The number of piperazine rings is 1. The summed E-state index contributed by atoms with van der Waals surface area (Å²) in [6, 6.07) is 4.07. The molecule has 3 aromatic rings. The smallest absolute Gasteiger partial charge is 0.243 e. The van der Waals surface area contributed by atoms with Crippen LogP contribution >= 0.6 is 0 Å². The fourth-order valence-electron chi connectivity index (χ4n) is 2.96. The first-order chi connectivity index (χ1) is 11.7. The van der Waals surface area contributed by atoms with Gasteiger partial charge < -0.3 is 9.42 Å². The zero-order chi connectivity index (χ0) is 16.5. The number of aromatic nitrogens is 6. The van der Waals surface area contributed by atoms with Crippen LogP contribution in [-0.4, -0.2) is 61.0 Å². The largest absolute Gasteiger partial charge is 0.353 e. The Morgan fingerprint density at radius 2 is 2.04 bits per heavy atom. The van der Waals surface area contributed by atoms with Gasteiger partial charge in [-0.1, -0.05) is 12.1 Å². The molecular formula is C15H20N8O. The highest BCUT2D eigenvalue weighted by atomic mass is 16.5. The third-order valence-electron chi connectivity index (χ3n) is 4.49. The lowest BCUT2D eigenvalue weighted by Gasteiger charge is -2.37. The summed E-state index contributed by atoms with van der Waals surface area (Å²) in [7, 11) is 0. The maximum atomic E-state index is 5.38.